The minimum Gasteiger partial charge on any atom is -0.457 e. The molecule has 0 unspecified atom stereocenters. The van der Waals surface area contributed by atoms with Crippen molar-refractivity contribution in [2.45, 2.75) is 26.7 Å². The van der Waals surface area contributed by atoms with Crippen LogP contribution in [0.15, 0.2) is 42.5 Å². The lowest BCUT2D eigenvalue weighted by molar-refractivity contribution is 0.482. The molecular weight excluding hydrogens is 234 g/mol. The third kappa shape index (κ3) is 3.58. The molecule has 0 amide bonds. The Kier molecular flexibility index (Phi) is 4.58. The zero-order valence-corrected chi connectivity index (χ0v) is 11.6. The standard InChI is InChI=1S/C17H21NO/c1-3-14-4-7-16(8-5-14)19-17-9-6-15(10-11-18)13(2)12-17/h4-9,12H,3,10-11,18H2,1-2H3. The van der Waals surface area contributed by atoms with Crippen molar-refractivity contribution in [1.29, 1.82) is 0 Å². The summed E-state index contributed by atoms with van der Waals surface area (Å²) in [6, 6.07) is 14.4. The molecule has 0 aliphatic rings. The first-order chi connectivity index (χ1) is 9.22. The van der Waals surface area contributed by atoms with Crippen LogP contribution in [-0.4, -0.2) is 6.54 Å². The molecule has 2 aromatic carbocycles. The molecule has 0 fully saturated rings. The van der Waals surface area contributed by atoms with Crippen LogP contribution in [0.4, 0.5) is 0 Å². The molecule has 2 heteroatoms. The molecule has 0 aliphatic heterocycles. The Morgan fingerprint density at radius 1 is 1.00 bits per heavy atom. The second-order valence-electron chi connectivity index (χ2n) is 4.73. The maximum atomic E-state index is 5.86. The van der Waals surface area contributed by atoms with Crippen molar-refractivity contribution in [2.24, 2.45) is 5.73 Å². The fourth-order valence-corrected chi connectivity index (χ4v) is 2.10. The highest BCUT2D eigenvalue weighted by atomic mass is 16.5. The van der Waals surface area contributed by atoms with Gasteiger partial charge >= 0.3 is 0 Å². The Balaban J connectivity index is 2.11. The lowest BCUT2D eigenvalue weighted by Gasteiger charge is -2.10. The molecule has 0 aliphatic carbocycles. The van der Waals surface area contributed by atoms with Gasteiger partial charge in [0.05, 0.1) is 0 Å². The zero-order chi connectivity index (χ0) is 13.7. The average molecular weight is 255 g/mol. The van der Waals surface area contributed by atoms with Gasteiger partial charge in [0.25, 0.3) is 0 Å². The fraction of sp³-hybridized carbons (Fsp3) is 0.294. The van der Waals surface area contributed by atoms with Crippen molar-refractivity contribution in [1.82, 2.24) is 0 Å². The van der Waals surface area contributed by atoms with Crippen LogP contribution in [0.25, 0.3) is 0 Å². The van der Waals surface area contributed by atoms with Crippen LogP contribution in [0, 0.1) is 6.92 Å². The predicted molar refractivity (Wildman–Crippen MR) is 79.8 cm³/mol. The Bertz CT molecular complexity index is 531. The molecule has 2 rings (SSSR count). The molecule has 2 aromatic rings. The molecule has 0 atom stereocenters. The summed E-state index contributed by atoms with van der Waals surface area (Å²) in [4.78, 5) is 0. The lowest BCUT2D eigenvalue weighted by Crippen LogP contribution is -2.04. The SMILES string of the molecule is CCc1ccc(Oc2ccc(CCN)c(C)c2)cc1. The number of ether oxygens (including phenoxy) is 1. The van der Waals surface area contributed by atoms with Crippen molar-refractivity contribution in [3.05, 3.63) is 59.2 Å². The first-order valence-corrected chi connectivity index (χ1v) is 6.79. The lowest BCUT2D eigenvalue weighted by atomic mass is 10.1. The van der Waals surface area contributed by atoms with E-state index in [4.69, 9.17) is 10.5 Å². The first kappa shape index (κ1) is 13.6. The number of hydrogen-bond acceptors (Lipinski definition) is 2. The topological polar surface area (TPSA) is 35.2 Å². The Morgan fingerprint density at radius 3 is 2.26 bits per heavy atom. The molecule has 0 saturated heterocycles. The van der Waals surface area contributed by atoms with Gasteiger partial charge in [-0.1, -0.05) is 25.1 Å². The van der Waals surface area contributed by atoms with Crippen molar-refractivity contribution in [2.75, 3.05) is 6.54 Å². The summed E-state index contributed by atoms with van der Waals surface area (Å²) in [5.74, 6) is 1.76. The van der Waals surface area contributed by atoms with E-state index in [-0.39, 0.29) is 0 Å². The number of hydrogen-bond donors (Lipinski definition) is 1. The molecule has 0 spiro atoms. The number of nitrogens with two attached hydrogens (primary N) is 1. The van der Waals surface area contributed by atoms with Crippen LogP contribution >= 0.6 is 0 Å². The highest BCUT2D eigenvalue weighted by Crippen LogP contribution is 2.24. The third-order valence-electron chi connectivity index (χ3n) is 3.30. The molecule has 19 heavy (non-hydrogen) atoms. The van der Waals surface area contributed by atoms with E-state index in [1.54, 1.807) is 0 Å². The summed E-state index contributed by atoms with van der Waals surface area (Å²) in [5.41, 5.74) is 9.43. The second-order valence-corrected chi connectivity index (χ2v) is 4.73. The minimum absolute atomic E-state index is 0.680. The van der Waals surface area contributed by atoms with Gasteiger partial charge in [-0.15, -0.1) is 0 Å². The average Bonchev–Trinajstić information content (AvgIpc) is 2.43. The molecule has 2 nitrogen and oxygen atoms in total. The zero-order valence-electron chi connectivity index (χ0n) is 11.6. The van der Waals surface area contributed by atoms with Crippen LogP contribution in [-0.2, 0) is 12.8 Å². The number of aryl methyl sites for hydroxylation is 2. The molecule has 2 N–H and O–H groups in total. The highest BCUT2D eigenvalue weighted by Gasteiger charge is 2.02. The van der Waals surface area contributed by atoms with E-state index in [0.717, 1.165) is 24.3 Å². The summed E-state index contributed by atoms with van der Waals surface area (Å²) < 4.78 is 5.86. The van der Waals surface area contributed by atoms with E-state index >= 15 is 0 Å². The van der Waals surface area contributed by atoms with Gasteiger partial charge in [-0.2, -0.15) is 0 Å². The smallest absolute Gasteiger partial charge is 0.127 e. The van der Waals surface area contributed by atoms with Crippen LogP contribution in [0.2, 0.25) is 0 Å². The minimum atomic E-state index is 0.680. The molecule has 0 aromatic heterocycles. The van der Waals surface area contributed by atoms with E-state index in [1.807, 2.05) is 18.2 Å². The van der Waals surface area contributed by atoms with Crippen molar-refractivity contribution >= 4 is 0 Å². The maximum Gasteiger partial charge on any atom is 0.127 e. The highest BCUT2D eigenvalue weighted by molar-refractivity contribution is 5.38. The molecule has 100 valence electrons. The van der Waals surface area contributed by atoms with Crippen LogP contribution in [0.5, 0.6) is 11.5 Å². The number of rotatable bonds is 5. The van der Waals surface area contributed by atoms with Crippen molar-refractivity contribution < 1.29 is 4.74 Å². The first-order valence-electron chi connectivity index (χ1n) is 6.79. The summed E-state index contributed by atoms with van der Waals surface area (Å²) in [7, 11) is 0. The van der Waals surface area contributed by atoms with Gasteiger partial charge in [-0.25, -0.2) is 0 Å². The summed E-state index contributed by atoms with van der Waals surface area (Å²) in [6.45, 7) is 4.92. The van der Waals surface area contributed by atoms with E-state index in [9.17, 15) is 0 Å². The molecule has 0 bridgehead atoms. The quantitative estimate of drug-likeness (QED) is 0.880. The molecule has 0 radical (unpaired) electrons. The second kappa shape index (κ2) is 6.39. The Morgan fingerprint density at radius 2 is 1.68 bits per heavy atom. The largest absolute Gasteiger partial charge is 0.457 e. The Labute approximate surface area is 115 Å². The van der Waals surface area contributed by atoms with Crippen LogP contribution < -0.4 is 10.5 Å². The predicted octanol–water partition coefficient (Wildman–Crippen LogP) is 3.85. The maximum absolute atomic E-state index is 5.86. The van der Waals surface area contributed by atoms with E-state index in [0.29, 0.717) is 6.54 Å². The van der Waals surface area contributed by atoms with E-state index in [2.05, 4.69) is 38.1 Å². The molecule has 0 saturated carbocycles. The third-order valence-corrected chi connectivity index (χ3v) is 3.30. The molecule has 0 heterocycles. The van der Waals surface area contributed by atoms with E-state index in [1.165, 1.54) is 16.7 Å². The summed E-state index contributed by atoms with van der Waals surface area (Å²) in [6.07, 6.45) is 1.96. The number of benzene rings is 2. The van der Waals surface area contributed by atoms with E-state index < -0.39 is 0 Å². The van der Waals surface area contributed by atoms with Gasteiger partial charge in [-0.3, -0.25) is 0 Å². The van der Waals surface area contributed by atoms with Crippen LogP contribution in [0.3, 0.4) is 0 Å². The van der Waals surface area contributed by atoms with Gasteiger partial charge < -0.3 is 10.5 Å². The van der Waals surface area contributed by atoms with Gasteiger partial charge in [-0.05, 0) is 67.3 Å². The normalized spacial score (nSPS) is 10.5. The molecular formula is C17H21NO. The van der Waals surface area contributed by atoms with Crippen molar-refractivity contribution in [3.8, 4) is 11.5 Å². The summed E-state index contributed by atoms with van der Waals surface area (Å²) in [5, 5.41) is 0. The van der Waals surface area contributed by atoms with Gasteiger partial charge in [0.2, 0.25) is 0 Å². The van der Waals surface area contributed by atoms with Gasteiger partial charge in [0.1, 0.15) is 11.5 Å². The summed E-state index contributed by atoms with van der Waals surface area (Å²) >= 11 is 0. The van der Waals surface area contributed by atoms with Crippen molar-refractivity contribution in [3.63, 3.8) is 0 Å². The monoisotopic (exact) mass is 255 g/mol. The Hall–Kier alpha value is -1.80. The van der Waals surface area contributed by atoms with Gasteiger partial charge in [0, 0.05) is 0 Å². The van der Waals surface area contributed by atoms with Gasteiger partial charge in [0.15, 0.2) is 0 Å². The fourth-order valence-electron chi connectivity index (χ4n) is 2.10. The van der Waals surface area contributed by atoms with Crippen LogP contribution in [0.1, 0.15) is 23.6 Å².